The first kappa shape index (κ1) is 19.4. The molecule has 3 N–H and O–H groups in total. The van der Waals surface area contributed by atoms with E-state index in [-0.39, 0.29) is 41.9 Å². The third-order valence-corrected chi connectivity index (χ3v) is 5.15. The van der Waals surface area contributed by atoms with Crippen LogP contribution in [0.4, 0.5) is 11.4 Å². The molecule has 1 aromatic carbocycles. The number of nitrogens with two attached hydrogens (primary N) is 1. The topological polar surface area (TPSA) is 94.5 Å². The van der Waals surface area contributed by atoms with Crippen molar-refractivity contribution < 1.29 is 24.8 Å². The molecular formula is C20H28N3O4+. The summed E-state index contributed by atoms with van der Waals surface area (Å²) in [6.45, 7) is 7.28. The number of fused-ring (bicyclic) bond motifs is 1. The normalized spacial score (nSPS) is 17.5. The van der Waals surface area contributed by atoms with Gasteiger partial charge in [0.1, 0.15) is 6.54 Å². The maximum atomic E-state index is 12.8. The molecule has 0 aromatic heterocycles. The predicted molar refractivity (Wildman–Crippen MR) is 102 cm³/mol. The van der Waals surface area contributed by atoms with Gasteiger partial charge >= 0.3 is 5.97 Å². The van der Waals surface area contributed by atoms with E-state index in [9.17, 15) is 19.5 Å². The van der Waals surface area contributed by atoms with Gasteiger partial charge in [0.05, 0.1) is 23.5 Å². The van der Waals surface area contributed by atoms with Gasteiger partial charge in [0, 0.05) is 11.5 Å². The zero-order valence-corrected chi connectivity index (χ0v) is 16.2. The van der Waals surface area contributed by atoms with Gasteiger partial charge in [-0.05, 0) is 37.5 Å². The number of anilines is 2. The van der Waals surface area contributed by atoms with Crippen LogP contribution in [0.5, 0.6) is 0 Å². The number of benzene rings is 1. The molecule has 1 fully saturated rings. The van der Waals surface area contributed by atoms with Crippen molar-refractivity contribution in [3.05, 3.63) is 23.8 Å². The Labute approximate surface area is 159 Å². The minimum atomic E-state index is -1.04. The number of rotatable bonds is 5. The molecular weight excluding hydrogens is 346 g/mol. The van der Waals surface area contributed by atoms with E-state index in [2.05, 4.69) is 20.8 Å². The molecule has 1 saturated carbocycles. The van der Waals surface area contributed by atoms with Crippen molar-refractivity contribution in [2.45, 2.75) is 46.1 Å². The van der Waals surface area contributed by atoms with Gasteiger partial charge in [-0.3, -0.25) is 14.5 Å². The lowest BCUT2D eigenvalue weighted by Crippen LogP contribution is -2.88. The first-order valence-electron chi connectivity index (χ1n) is 9.49. The Hall–Kier alpha value is -2.41. The van der Waals surface area contributed by atoms with E-state index in [1.54, 1.807) is 11.0 Å². The summed E-state index contributed by atoms with van der Waals surface area (Å²) in [4.78, 5) is 40.2. The first-order valence-corrected chi connectivity index (χ1v) is 9.49. The smallest absolute Gasteiger partial charge is 0.335 e. The van der Waals surface area contributed by atoms with Crippen LogP contribution in [0.2, 0.25) is 0 Å². The van der Waals surface area contributed by atoms with E-state index in [4.69, 9.17) is 0 Å². The molecule has 2 aliphatic rings. The lowest BCUT2D eigenvalue weighted by Gasteiger charge is -2.43. The molecule has 3 rings (SSSR count). The zero-order valence-electron chi connectivity index (χ0n) is 16.2. The second kappa shape index (κ2) is 7.31. The van der Waals surface area contributed by atoms with Crippen LogP contribution in [0.1, 0.15) is 50.4 Å². The molecule has 0 unspecified atom stereocenters. The number of hydrogen-bond acceptors (Lipinski definition) is 3. The van der Waals surface area contributed by atoms with Gasteiger partial charge in [-0.1, -0.05) is 20.8 Å². The molecule has 1 aromatic rings. The van der Waals surface area contributed by atoms with Crippen LogP contribution in [0.15, 0.2) is 18.2 Å². The van der Waals surface area contributed by atoms with E-state index in [1.165, 1.54) is 17.0 Å². The molecule has 2 amide bonds. The number of carboxylic acids is 1. The molecule has 7 nitrogen and oxygen atoms in total. The van der Waals surface area contributed by atoms with Crippen LogP contribution in [0.3, 0.4) is 0 Å². The summed E-state index contributed by atoms with van der Waals surface area (Å²) in [6, 6.07) is 4.82. The van der Waals surface area contributed by atoms with Crippen LogP contribution < -0.4 is 15.1 Å². The summed E-state index contributed by atoms with van der Waals surface area (Å²) in [5.74, 6) is -1.32. The minimum Gasteiger partial charge on any atom is -0.478 e. The van der Waals surface area contributed by atoms with Gasteiger partial charge in [-0.25, -0.2) is 4.79 Å². The van der Waals surface area contributed by atoms with E-state index in [1.807, 2.05) is 5.32 Å². The monoisotopic (exact) mass is 374 g/mol. The first-order chi connectivity index (χ1) is 12.7. The summed E-state index contributed by atoms with van der Waals surface area (Å²) in [6.07, 6.45) is 2.97. The number of aromatic carboxylic acids is 1. The van der Waals surface area contributed by atoms with Crippen LogP contribution >= 0.6 is 0 Å². The van der Waals surface area contributed by atoms with Crippen molar-refractivity contribution in [2.75, 3.05) is 29.4 Å². The van der Waals surface area contributed by atoms with Crippen molar-refractivity contribution in [1.29, 1.82) is 0 Å². The van der Waals surface area contributed by atoms with Crippen molar-refractivity contribution >= 4 is 29.2 Å². The van der Waals surface area contributed by atoms with Crippen LogP contribution in [0.25, 0.3) is 0 Å². The van der Waals surface area contributed by atoms with E-state index in [0.29, 0.717) is 11.4 Å². The summed E-state index contributed by atoms with van der Waals surface area (Å²) in [5.41, 5.74) is 1.38. The third-order valence-electron chi connectivity index (χ3n) is 5.15. The number of nitrogens with zero attached hydrogens (tertiary/aromatic N) is 2. The standard InChI is InChI=1S/C20H27N3O4/c1-20(2,3)12-21-10-17(24)22-11-18(25)23(14-5-4-6-14)15-8-7-13(19(26)27)9-16(15)22/h7-9,14,21H,4-6,10-12H2,1-3H3,(H,26,27)/p+1. The van der Waals surface area contributed by atoms with E-state index >= 15 is 0 Å². The maximum absolute atomic E-state index is 12.8. The summed E-state index contributed by atoms with van der Waals surface area (Å²) in [7, 11) is 0. The molecule has 7 heteroatoms. The number of carbonyl (C=O) groups excluding carboxylic acids is 2. The lowest BCUT2D eigenvalue weighted by atomic mass is 9.90. The minimum absolute atomic E-state index is 0.0330. The molecule has 0 saturated heterocycles. The Kier molecular flexibility index (Phi) is 5.24. The number of hydrogen-bond donors (Lipinski definition) is 2. The van der Waals surface area contributed by atoms with Crippen molar-refractivity contribution in [1.82, 2.24) is 0 Å². The summed E-state index contributed by atoms with van der Waals surface area (Å²) >= 11 is 0. The van der Waals surface area contributed by atoms with Gasteiger partial charge < -0.3 is 15.3 Å². The maximum Gasteiger partial charge on any atom is 0.335 e. The van der Waals surface area contributed by atoms with Crippen LogP contribution in [-0.2, 0) is 9.59 Å². The van der Waals surface area contributed by atoms with Gasteiger partial charge in [0.25, 0.3) is 5.91 Å². The van der Waals surface area contributed by atoms with Crippen molar-refractivity contribution in [2.24, 2.45) is 5.41 Å². The van der Waals surface area contributed by atoms with E-state index < -0.39 is 5.97 Å². The lowest BCUT2D eigenvalue weighted by molar-refractivity contribution is -0.654. The number of carboxylic acid groups (broad SMARTS) is 1. The number of amides is 2. The van der Waals surface area contributed by atoms with Gasteiger partial charge in [-0.2, -0.15) is 0 Å². The quantitative estimate of drug-likeness (QED) is 0.810. The highest BCUT2D eigenvalue weighted by Gasteiger charge is 2.39. The highest BCUT2D eigenvalue weighted by Crippen LogP contribution is 2.39. The second-order valence-corrected chi connectivity index (χ2v) is 8.59. The van der Waals surface area contributed by atoms with Crippen molar-refractivity contribution in [3.8, 4) is 0 Å². The fraction of sp³-hybridized carbons (Fsp3) is 0.550. The largest absolute Gasteiger partial charge is 0.478 e. The van der Waals surface area contributed by atoms with Gasteiger partial charge in [0.15, 0.2) is 6.54 Å². The molecule has 146 valence electrons. The fourth-order valence-electron chi connectivity index (χ4n) is 3.51. The van der Waals surface area contributed by atoms with Crippen LogP contribution in [-0.4, -0.2) is 48.6 Å². The Morgan fingerprint density at radius 1 is 1.22 bits per heavy atom. The summed E-state index contributed by atoms with van der Waals surface area (Å²) in [5, 5.41) is 11.3. The molecule has 0 radical (unpaired) electrons. The number of carbonyl (C=O) groups is 3. The Balaban J connectivity index is 1.88. The Bertz CT molecular complexity index is 765. The average Bonchev–Trinajstić information content (AvgIpc) is 2.53. The van der Waals surface area contributed by atoms with Crippen molar-refractivity contribution in [3.63, 3.8) is 0 Å². The molecule has 27 heavy (non-hydrogen) atoms. The molecule has 0 spiro atoms. The number of quaternary nitrogens is 1. The van der Waals surface area contributed by atoms with E-state index in [0.717, 1.165) is 25.8 Å². The molecule has 1 aliphatic heterocycles. The van der Waals surface area contributed by atoms with Crippen LogP contribution in [0, 0.1) is 5.41 Å². The fourth-order valence-corrected chi connectivity index (χ4v) is 3.51. The molecule has 1 aliphatic carbocycles. The predicted octanol–water partition coefficient (Wildman–Crippen LogP) is 1.23. The van der Waals surface area contributed by atoms with Gasteiger partial charge in [-0.15, -0.1) is 0 Å². The third kappa shape index (κ3) is 4.13. The Morgan fingerprint density at radius 2 is 1.93 bits per heavy atom. The Morgan fingerprint density at radius 3 is 2.48 bits per heavy atom. The van der Waals surface area contributed by atoms with Gasteiger partial charge in [0.2, 0.25) is 5.91 Å². The highest BCUT2D eigenvalue weighted by molar-refractivity contribution is 6.12. The second-order valence-electron chi connectivity index (χ2n) is 8.59. The average molecular weight is 374 g/mol. The molecule has 0 atom stereocenters. The SMILES string of the molecule is CC(C)(C)C[NH2+]CC(=O)N1CC(=O)N(C2CCC2)c2ccc(C(=O)O)cc21. The molecule has 0 bridgehead atoms. The summed E-state index contributed by atoms with van der Waals surface area (Å²) < 4.78 is 0. The zero-order chi connectivity index (χ0) is 19.8. The molecule has 1 heterocycles. The highest BCUT2D eigenvalue weighted by atomic mass is 16.4.